The Kier molecular flexibility index (Phi) is 5.17. The van der Waals surface area contributed by atoms with E-state index in [1.54, 1.807) is 9.80 Å². The minimum atomic E-state index is -0.117. The average molecular weight is 336 g/mol. The smallest absolute Gasteiger partial charge is 0.236 e. The minimum Gasteiger partial charge on any atom is -0.336 e. The Balaban J connectivity index is 1.68. The highest BCUT2D eigenvalue weighted by atomic mass is 16.2. The van der Waals surface area contributed by atoms with Gasteiger partial charge in [0, 0.05) is 24.8 Å². The maximum absolute atomic E-state index is 12.7. The zero-order valence-electron chi connectivity index (χ0n) is 14.8. The van der Waals surface area contributed by atoms with Crippen LogP contribution in [0.5, 0.6) is 0 Å². The summed E-state index contributed by atoms with van der Waals surface area (Å²) < 4.78 is 0. The maximum Gasteiger partial charge on any atom is 0.236 e. The van der Waals surface area contributed by atoms with Gasteiger partial charge >= 0.3 is 0 Å². The number of fused-ring (bicyclic) bond motifs is 1. The van der Waals surface area contributed by atoms with Crippen molar-refractivity contribution in [1.29, 1.82) is 0 Å². The van der Waals surface area contributed by atoms with Crippen LogP contribution in [0.3, 0.4) is 0 Å². The van der Waals surface area contributed by atoms with Gasteiger partial charge in [-0.25, -0.2) is 0 Å². The van der Waals surface area contributed by atoms with E-state index in [0.717, 1.165) is 17.7 Å². The third-order valence-electron chi connectivity index (χ3n) is 4.63. The van der Waals surface area contributed by atoms with E-state index in [4.69, 9.17) is 0 Å². The number of hydrogen-bond donors (Lipinski definition) is 0. The molecule has 0 radical (unpaired) electrons. The quantitative estimate of drug-likeness (QED) is 0.785. The van der Waals surface area contributed by atoms with Crippen molar-refractivity contribution >= 4 is 17.5 Å². The first-order valence-corrected chi connectivity index (χ1v) is 8.78. The molecular formula is C21H24N2O2. The van der Waals surface area contributed by atoms with E-state index in [9.17, 15) is 9.59 Å². The average Bonchev–Trinajstić information content (AvgIpc) is 3.04. The Labute approximate surface area is 149 Å². The molecule has 0 saturated carbocycles. The number of para-hydroxylation sites is 1. The maximum atomic E-state index is 12.7. The Morgan fingerprint density at radius 3 is 2.44 bits per heavy atom. The van der Waals surface area contributed by atoms with Gasteiger partial charge < -0.3 is 9.80 Å². The normalized spacial score (nSPS) is 13.0. The van der Waals surface area contributed by atoms with Gasteiger partial charge in [-0.15, -0.1) is 0 Å². The number of nitrogens with zero attached hydrogens (tertiary/aromatic N) is 2. The molecule has 0 bridgehead atoms. The van der Waals surface area contributed by atoms with Crippen LogP contribution >= 0.6 is 0 Å². The fourth-order valence-corrected chi connectivity index (χ4v) is 3.26. The van der Waals surface area contributed by atoms with Crippen molar-refractivity contribution in [3.63, 3.8) is 0 Å². The molecule has 2 amide bonds. The van der Waals surface area contributed by atoms with Gasteiger partial charge in [0.2, 0.25) is 11.8 Å². The monoisotopic (exact) mass is 336 g/mol. The first kappa shape index (κ1) is 17.2. The van der Waals surface area contributed by atoms with E-state index in [0.29, 0.717) is 13.1 Å². The lowest BCUT2D eigenvalue weighted by atomic mass is 10.1. The molecule has 25 heavy (non-hydrogen) atoms. The van der Waals surface area contributed by atoms with Gasteiger partial charge in [-0.3, -0.25) is 9.59 Å². The van der Waals surface area contributed by atoms with Crippen molar-refractivity contribution in [3.8, 4) is 0 Å². The Hall–Kier alpha value is -2.62. The summed E-state index contributed by atoms with van der Waals surface area (Å²) in [5.74, 6) is -0.234. The van der Waals surface area contributed by atoms with Crippen molar-refractivity contribution < 1.29 is 9.59 Å². The van der Waals surface area contributed by atoms with Crippen LogP contribution in [0.2, 0.25) is 0 Å². The summed E-state index contributed by atoms with van der Waals surface area (Å²) in [5, 5.41) is 0. The van der Waals surface area contributed by atoms with Crippen LogP contribution in [-0.4, -0.2) is 29.3 Å². The highest BCUT2D eigenvalue weighted by Crippen LogP contribution is 2.28. The molecule has 0 fully saturated rings. The lowest BCUT2D eigenvalue weighted by Crippen LogP contribution is -2.40. The van der Waals surface area contributed by atoms with E-state index in [1.165, 1.54) is 5.56 Å². The topological polar surface area (TPSA) is 40.6 Å². The summed E-state index contributed by atoms with van der Waals surface area (Å²) in [4.78, 5) is 28.9. The Bertz CT molecular complexity index is 756. The molecule has 0 aliphatic carbocycles. The summed E-state index contributed by atoms with van der Waals surface area (Å²) >= 11 is 0. The zero-order chi connectivity index (χ0) is 17.8. The molecule has 2 aromatic rings. The Morgan fingerprint density at radius 2 is 1.72 bits per heavy atom. The predicted octanol–water partition coefficient (Wildman–Crippen LogP) is 3.40. The van der Waals surface area contributed by atoms with Crippen LogP contribution in [0, 0.1) is 0 Å². The lowest BCUT2D eigenvalue weighted by Gasteiger charge is -2.28. The van der Waals surface area contributed by atoms with Gasteiger partial charge in [0.05, 0.1) is 0 Å². The molecule has 2 aromatic carbocycles. The number of carbonyl (C=O) groups excluding carboxylic acids is 2. The van der Waals surface area contributed by atoms with Crippen molar-refractivity contribution in [1.82, 2.24) is 4.90 Å². The van der Waals surface area contributed by atoms with E-state index in [-0.39, 0.29) is 24.3 Å². The lowest BCUT2D eigenvalue weighted by molar-refractivity contribution is -0.137. The van der Waals surface area contributed by atoms with Crippen LogP contribution in [0.4, 0.5) is 5.69 Å². The van der Waals surface area contributed by atoms with E-state index in [2.05, 4.69) is 0 Å². The number of hydrogen-bond acceptors (Lipinski definition) is 2. The van der Waals surface area contributed by atoms with E-state index >= 15 is 0 Å². The number of carbonyl (C=O) groups is 2. The van der Waals surface area contributed by atoms with Crippen molar-refractivity contribution in [2.24, 2.45) is 0 Å². The highest BCUT2D eigenvalue weighted by Gasteiger charge is 2.28. The number of amides is 2. The third kappa shape index (κ3) is 3.90. The molecule has 0 N–H and O–H groups in total. The van der Waals surface area contributed by atoms with Crippen LogP contribution in [0.25, 0.3) is 0 Å². The summed E-state index contributed by atoms with van der Waals surface area (Å²) in [6.07, 6.45) is 0.771. The molecule has 3 rings (SSSR count). The molecule has 0 unspecified atom stereocenters. The van der Waals surface area contributed by atoms with Gasteiger partial charge in [0.1, 0.15) is 6.42 Å². The fourth-order valence-electron chi connectivity index (χ4n) is 3.26. The van der Waals surface area contributed by atoms with Crippen LogP contribution < -0.4 is 4.90 Å². The summed E-state index contributed by atoms with van der Waals surface area (Å²) in [7, 11) is 0. The van der Waals surface area contributed by atoms with Crippen LogP contribution in [0.15, 0.2) is 54.6 Å². The number of anilines is 1. The molecule has 0 saturated heterocycles. The van der Waals surface area contributed by atoms with Crippen molar-refractivity contribution in [3.05, 3.63) is 65.7 Å². The van der Waals surface area contributed by atoms with Crippen molar-refractivity contribution in [2.75, 3.05) is 11.4 Å². The second-order valence-electron chi connectivity index (χ2n) is 6.70. The number of rotatable bonds is 5. The first-order chi connectivity index (χ1) is 12.1. The molecule has 130 valence electrons. The summed E-state index contributed by atoms with van der Waals surface area (Å²) in [5.41, 5.74) is 3.19. The largest absolute Gasteiger partial charge is 0.336 e. The van der Waals surface area contributed by atoms with Gasteiger partial charge in [-0.1, -0.05) is 48.5 Å². The Morgan fingerprint density at radius 1 is 1.04 bits per heavy atom. The standard InChI is InChI=1S/C21H24N2O2/c1-16(2)23(15-17-8-4-3-5-9-17)21(25)14-20(24)22-13-12-18-10-6-7-11-19(18)22/h3-11,16H,12-15H2,1-2H3. The second kappa shape index (κ2) is 7.51. The second-order valence-corrected chi connectivity index (χ2v) is 6.70. The number of benzene rings is 2. The summed E-state index contributed by atoms with van der Waals surface area (Å²) in [6.45, 7) is 5.15. The SMILES string of the molecule is CC(C)N(Cc1ccccc1)C(=O)CC(=O)N1CCc2ccccc21. The van der Waals surface area contributed by atoms with Crippen molar-refractivity contribution in [2.45, 2.75) is 39.3 Å². The zero-order valence-corrected chi connectivity index (χ0v) is 14.8. The molecule has 0 aromatic heterocycles. The first-order valence-electron chi connectivity index (χ1n) is 8.78. The highest BCUT2D eigenvalue weighted by molar-refractivity contribution is 6.06. The molecule has 4 heteroatoms. The fraction of sp³-hybridized carbons (Fsp3) is 0.333. The van der Waals surface area contributed by atoms with E-state index in [1.807, 2.05) is 68.4 Å². The molecule has 1 aliphatic rings. The minimum absolute atomic E-state index is 0.0476. The molecule has 0 atom stereocenters. The van der Waals surface area contributed by atoms with E-state index < -0.39 is 0 Å². The molecule has 1 aliphatic heterocycles. The molecule has 4 nitrogen and oxygen atoms in total. The summed E-state index contributed by atoms with van der Waals surface area (Å²) in [6, 6.07) is 17.8. The van der Waals surface area contributed by atoms with Gasteiger partial charge in [-0.05, 0) is 37.5 Å². The molecular weight excluding hydrogens is 312 g/mol. The predicted molar refractivity (Wildman–Crippen MR) is 99.2 cm³/mol. The van der Waals surface area contributed by atoms with Gasteiger partial charge in [0.25, 0.3) is 0 Å². The van der Waals surface area contributed by atoms with Gasteiger partial charge in [-0.2, -0.15) is 0 Å². The molecule has 0 spiro atoms. The third-order valence-corrected chi connectivity index (χ3v) is 4.63. The molecule has 1 heterocycles. The van der Waals surface area contributed by atoms with Crippen LogP contribution in [0.1, 0.15) is 31.4 Å². The van der Waals surface area contributed by atoms with Gasteiger partial charge in [0.15, 0.2) is 0 Å². The van der Waals surface area contributed by atoms with Crippen LogP contribution in [-0.2, 0) is 22.6 Å².